The van der Waals surface area contributed by atoms with Gasteiger partial charge in [0.05, 0.1) is 21.8 Å². The third kappa shape index (κ3) is 3.79. The summed E-state index contributed by atoms with van der Waals surface area (Å²) in [6, 6.07) is 29.0. The fourth-order valence-corrected chi connectivity index (χ4v) is 11.2. The SMILES string of the molecule is CCCCc1ccc2c3c4[n+](ccc13)C1(CC)C(C[n+]3ccc5ccccc5c3-c3cc(C)ccc3C)C1(CC)c1ccc(F)c(c1-4)C2(C)C. The van der Waals surface area contributed by atoms with Crippen molar-refractivity contribution in [2.24, 2.45) is 5.92 Å². The van der Waals surface area contributed by atoms with Gasteiger partial charge in [0.25, 0.3) is 0 Å². The van der Waals surface area contributed by atoms with Crippen LogP contribution in [0.25, 0.3) is 44.1 Å². The molecule has 3 heterocycles. The maximum Gasteiger partial charge on any atom is 0.221 e. The maximum absolute atomic E-state index is 16.5. The minimum Gasteiger partial charge on any atom is -0.207 e. The Morgan fingerprint density at radius 3 is 2.36 bits per heavy atom. The second-order valence-electron chi connectivity index (χ2n) is 16.0. The van der Waals surface area contributed by atoms with Crippen molar-refractivity contribution in [1.29, 1.82) is 0 Å². The normalized spacial score (nSPS) is 22.2. The molecule has 9 rings (SSSR count). The van der Waals surface area contributed by atoms with Gasteiger partial charge in [0.15, 0.2) is 24.5 Å². The van der Waals surface area contributed by atoms with Crippen molar-refractivity contribution in [2.75, 3.05) is 0 Å². The van der Waals surface area contributed by atoms with E-state index in [0.29, 0.717) is 5.92 Å². The Morgan fingerprint density at radius 2 is 1.58 bits per heavy atom. The second-order valence-corrected chi connectivity index (χ2v) is 16.0. The summed E-state index contributed by atoms with van der Waals surface area (Å²) < 4.78 is 21.7. The van der Waals surface area contributed by atoms with Crippen LogP contribution in [0.2, 0.25) is 0 Å². The van der Waals surface area contributed by atoms with E-state index in [1.807, 2.05) is 0 Å². The molecule has 2 aromatic heterocycles. The van der Waals surface area contributed by atoms with Crippen molar-refractivity contribution in [3.05, 3.63) is 130 Å². The summed E-state index contributed by atoms with van der Waals surface area (Å²) in [7, 11) is 0. The van der Waals surface area contributed by atoms with Crippen LogP contribution in [0.3, 0.4) is 0 Å². The Kier molecular flexibility index (Phi) is 6.84. The molecule has 0 N–H and O–H groups in total. The molecule has 1 fully saturated rings. The zero-order valence-electron chi connectivity index (χ0n) is 30.8. The molecule has 1 saturated carbocycles. The molecular weight excluding hydrogens is 612 g/mol. The van der Waals surface area contributed by atoms with Crippen LogP contribution < -0.4 is 9.13 Å². The summed E-state index contributed by atoms with van der Waals surface area (Å²) in [6.07, 6.45) is 10.2. The molecule has 2 nitrogen and oxygen atoms in total. The van der Waals surface area contributed by atoms with Gasteiger partial charge >= 0.3 is 0 Å². The van der Waals surface area contributed by atoms with Gasteiger partial charge in [0.2, 0.25) is 11.4 Å². The largest absolute Gasteiger partial charge is 0.221 e. The fourth-order valence-electron chi connectivity index (χ4n) is 11.2. The highest BCUT2D eigenvalue weighted by atomic mass is 19.1. The van der Waals surface area contributed by atoms with Gasteiger partial charge in [-0.15, -0.1) is 0 Å². The van der Waals surface area contributed by atoms with Crippen molar-refractivity contribution in [3.63, 3.8) is 0 Å². The Balaban J connectivity index is 1.34. The molecule has 4 aromatic carbocycles. The standard InChI is InChI=1S/C47H49FN2/c1-8-11-14-31-19-20-36-40-33(31)24-26-50-44(40)41-37(21-22-38(48)42(41)45(36,6)7)46(9-2)39(47(46,50)10-3)28-49-25-23-32-15-12-13-16-34(32)43(49)35-27-29(4)17-18-30(35)5/h12-13,15-27,39H,8-11,14,28H2,1-7H3/q+2. The third-order valence-electron chi connectivity index (χ3n) is 13.5. The highest BCUT2D eigenvalue weighted by Crippen LogP contribution is 2.73. The van der Waals surface area contributed by atoms with Crippen LogP contribution in [0.15, 0.2) is 91.3 Å². The Hall–Kier alpha value is -4.37. The minimum atomic E-state index is -0.447. The Labute approximate surface area is 296 Å². The van der Waals surface area contributed by atoms with E-state index in [4.69, 9.17) is 0 Å². The lowest BCUT2D eigenvalue weighted by atomic mass is 9.65. The molecule has 1 aliphatic heterocycles. The van der Waals surface area contributed by atoms with Gasteiger partial charge in [-0.05, 0) is 84.3 Å². The van der Waals surface area contributed by atoms with Gasteiger partial charge in [-0.25, -0.2) is 4.39 Å². The van der Waals surface area contributed by atoms with Crippen LogP contribution in [0, 0.1) is 25.6 Å². The van der Waals surface area contributed by atoms with Crippen molar-refractivity contribution in [3.8, 4) is 22.5 Å². The van der Waals surface area contributed by atoms with Gasteiger partial charge in [0, 0.05) is 35.1 Å². The average molecular weight is 661 g/mol. The maximum atomic E-state index is 16.5. The minimum absolute atomic E-state index is 0.0772. The van der Waals surface area contributed by atoms with Crippen molar-refractivity contribution < 1.29 is 13.5 Å². The monoisotopic (exact) mass is 660 g/mol. The summed E-state index contributed by atoms with van der Waals surface area (Å²) in [5.41, 5.74) is 11.8. The van der Waals surface area contributed by atoms with Gasteiger partial charge < -0.3 is 0 Å². The zero-order chi connectivity index (χ0) is 34.7. The molecule has 3 unspecified atom stereocenters. The van der Waals surface area contributed by atoms with E-state index in [1.165, 1.54) is 84.7 Å². The third-order valence-corrected chi connectivity index (χ3v) is 13.5. The van der Waals surface area contributed by atoms with Crippen LogP contribution >= 0.6 is 0 Å². The number of aromatic nitrogens is 2. The number of fused-ring (bicyclic) bond motifs is 4. The van der Waals surface area contributed by atoms with Crippen molar-refractivity contribution in [2.45, 2.75) is 103 Å². The lowest BCUT2D eigenvalue weighted by molar-refractivity contribution is -0.747. The summed E-state index contributed by atoms with van der Waals surface area (Å²) in [4.78, 5) is 0. The molecule has 6 aromatic rings. The number of benzene rings is 4. The molecule has 3 heteroatoms. The number of hydrogen-bond donors (Lipinski definition) is 0. The topological polar surface area (TPSA) is 7.76 Å². The fraction of sp³-hybridized carbons (Fsp3) is 0.362. The number of rotatable bonds is 8. The van der Waals surface area contributed by atoms with Crippen LogP contribution in [0.1, 0.15) is 93.7 Å². The molecule has 3 atom stereocenters. The van der Waals surface area contributed by atoms with Gasteiger partial charge in [0.1, 0.15) is 11.7 Å². The van der Waals surface area contributed by atoms with E-state index in [1.54, 1.807) is 6.07 Å². The van der Waals surface area contributed by atoms with Crippen LogP contribution in [-0.4, -0.2) is 0 Å². The lowest BCUT2D eigenvalue weighted by Crippen LogP contribution is -2.56. The van der Waals surface area contributed by atoms with E-state index < -0.39 is 5.41 Å². The van der Waals surface area contributed by atoms with Gasteiger partial charge in [-0.3, -0.25) is 0 Å². The number of unbranched alkanes of at least 4 members (excludes halogenated alkanes) is 1. The number of aryl methyl sites for hydroxylation is 3. The number of halogens is 1. The van der Waals surface area contributed by atoms with E-state index in [9.17, 15) is 0 Å². The molecule has 0 bridgehead atoms. The first kappa shape index (κ1) is 31.6. The first-order valence-electron chi connectivity index (χ1n) is 19.0. The highest BCUT2D eigenvalue weighted by Gasteiger charge is 2.86. The van der Waals surface area contributed by atoms with Gasteiger partial charge in [-0.2, -0.15) is 9.13 Å². The van der Waals surface area contributed by atoms with Crippen molar-refractivity contribution in [1.82, 2.24) is 0 Å². The summed E-state index contributed by atoms with van der Waals surface area (Å²) in [5.74, 6) is 0.250. The van der Waals surface area contributed by atoms with E-state index >= 15 is 4.39 Å². The summed E-state index contributed by atoms with van der Waals surface area (Å²) >= 11 is 0. The zero-order valence-corrected chi connectivity index (χ0v) is 30.8. The van der Waals surface area contributed by atoms with Crippen LogP contribution in [0.4, 0.5) is 4.39 Å². The molecule has 2 aliphatic carbocycles. The molecular formula is C47H49FN2+2. The molecule has 0 amide bonds. The molecule has 0 saturated heterocycles. The lowest BCUT2D eigenvalue weighted by Gasteiger charge is -2.39. The quantitative estimate of drug-likeness (QED) is 0.144. The molecule has 0 radical (unpaired) electrons. The summed E-state index contributed by atoms with van der Waals surface area (Å²) in [5, 5.41) is 5.25. The van der Waals surface area contributed by atoms with Crippen molar-refractivity contribution >= 4 is 21.5 Å². The Morgan fingerprint density at radius 1 is 0.780 bits per heavy atom. The van der Waals surface area contributed by atoms with E-state index in [2.05, 4.69) is 143 Å². The number of nitrogens with zero attached hydrogens (tertiary/aromatic N) is 2. The average Bonchev–Trinajstić information content (AvgIpc) is 3.72. The molecule has 50 heavy (non-hydrogen) atoms. The molecule has 3 aliphatic rings. The van der Waals surface area contributed by atoms with Crippen LogP contribution in [-0.2, 0) is 29.3 Å². The van der Waals surface area contributed by atoms with Gasteiger partial charge in [-0.1, -0.05) is 95.1 Å². The number of hydrogen-bond acceptors (Lipinski definition) is 0. The summed E-state index contributed by atoms with van der Waals surface area (Å²) in [6.45, 7) is 16.9. The smallest absolute Gasteiger partial charge is 0.207 e. The molecule has 0 spiro atoms. The number of pyridine rings is 2. The first-order valence-corrected chi connectivity index (χ1v) is 19.0. The van der Waals surface area contributed by atoms with E-state index in [0.717, 1.165) is 31.4 Å². The molecule has 252 valence electrons. The van der Waals surface area contributed by atoms with Crippen LogP contribution in [0.5, 0.6) is 0 Å². The first-order chi connectivity index (χ1) is 24.1. The predicted molar refractivity (Wildman–Crippen MR) is 203 cm³/mol. The second kappa shape index (κ2) is 10.8. The Bertz CT molecular complexity index is 2400. The highest BCUT2D eigenvalue weighted by molar-refractivity contribution is 6.03. The van der Waals surface area contributed by atoms with E-state index in [-0.39, 0.29) is 16.8 Å². The predicted octanol–water partition coefficient (Wildman–Crippen LogP) is 10.7.